The van der Waals surface area contributed by atoms with Crippen molar-refractivity contribution in [1.82, 2.24) is 4.90 Å². The van der Waals surface area contributed by atoms with E-state index in [2.05, 4.69) is 25.1 Å². The second-order valence-electron chi connectivity index (χ2n) is 8.34. The molecule has 4 N–H and O–H groups in total. The first kappa shape index (κ1) is 22.0. The Morgan fingerprint density at radius 1 is 1.14 bits per heavy atom. The third kappa shape index (κ3) is 5.07. The third-order valence-corrected chi connectivity index (χ3v) is 5.86. The number of hydrogen-bond donors (Lipinski definition) is 4. The zero-order valence-corrected chi connectivity index (χ0v) is 16.8. The van der Waals surface area contributed by atoms with Gasteiger partial charge in [0, 0.05) is 6.54 Å². The van der Waals surface area contributed by atoms with Crippen LogP contribution in [-0.2, 0) is 9.53 Å². The van der Waals surface area contributed by atoms with E-state index in [1.54, 1.807) is 6.07 Å². The summed E-state index contributed by atoms with van der Waals surface area (Å²) in [5.41, 5.74) is 1.13. The fourth-order valence-electron chi connectivity index (χ4n) is 4.44. The van der Waals surface area contributed by atoms with Gasteiger partial charge in [-0.15, -0.1) is 0 Å². The van der Waals surface area contributed by atoms with Crippen molar-refractivity contribution in [2.75, 3.05) is 20.6 Å². The molecule has 1 aliphatic heterocycles. The van der Waals surface area contributed by atoms with Crippen LogP contribution in [0.15, 0.2) is 24.3 Å². The molecule has 2 fully saturated rings. The standard InChI is InChI=1S/C21H31NO7/c1-22(2)11-13-6-3-4-9-15(13)12-7-5-8-14(10-12)28-21-18(25)16(23)17(24)19(29-21)20(26)27/h5,7-8,10,13,15-19,21,23-25H,3-4,6,9,11H2,1-2H3,(H,26,27). The van der Waals surface area contributed by atoms with Gasteiger partial charge >= 0.3 is 5.97 Å². The molecule has 1 saturated carbocycles. The minimum Gasteiger partial charge on any atom is -0.479 e. The van der Waals surface area contributed by atoms with Gasteiger partial charge in [-0.05, 0) is 56.5 Å². The first-order chi connectivity index (χ1) is 13.8. The molecule has 1 saturated heterocycles. The summed E-state index contributed by atoms with van der Waals surface area (Å²) in [6, 6.07) is 7.52. The van der Waals surface area contributed by atoms with Crippen molar-refractivity contribution in [3.63, 3.8) is 0 Å². The first-order valence-corrected chi connectivity index (χ1v) is 10.1. The van der Waals surface area contributed by atoms with E-state index in [9.17, 15) is 25.2 Å². The molecule has 0 spiro atoms. The monoisotopic (exact) mass is 409 g/mol. The number of aliphatic carboxylic acids is 1. The number of hydrogen-bond acceptors (Lipinski definition) is 7. The predicted octanol–water partition coefficient (Wildman–Crippen LogP) is 0.793. The summed E-state index contributed by atoms with van der Waals surface area (Å²) in [5, 5.41) is 39.1. The summed E-state index contributed by atoms with van der Waals surface area (Å²) < 4.78 is 10.9. The van der Waals surface area contributed by atoms with Crippen molar-refractivity contribution in [2.24, 2.45) is 5.92 Å². The predicted molar refractivity (Wildman–Crippen MR) is 105 cm³/mol. The van der Waals surface area contributed by atoms with Crippen molar-refractivity contribution in [3.05, 3.63) is 29.8 Å². The van der Waals surface area contributed by atoms with Gasteiger partial charge in [-0.3, -0.25) is 0 Å². The second-order valence-corrected chi connectivity index (χ2v) is 8.34. The number of nitrogens with zero attached hydrogens (tertiary/aromatic N) is 1. The van der Waals surface area contributed by atoms with Crippen molar-refractivity contribution >= 4 is 5.97 Å². The lowest BCUT2D eigenvalue weighted by Gasteiger charge is -2.38. The zero-order valence-electron chi connectivity index (χ0n) is 16.8. The van der Waals surface area contributed by atoms with Gasteiger partial charge in [0.2, 0.25) is 6.29 Å². The van der Waals surface area contributed by atoms with E-state index in [-0.39, 0.29) is 0 Å². The molecule has 0 amide bonds. The Morgan fingerprint density at radius 3 is 2.55 bits per heavy atom. The molecule has 7 unspecified atom stereocenters. The maximum Gasteiger partial charge on any atom is 0.335 e. The van der Waals surface area contributed by atoms with Gasteiger partial charge in [0.25, 0.3) is 0 Å². The molecule has 0 radical (unpaired) electrons. The average molecular weight is 409 g/mol. The van der Waals surface area contributed by atoms with E-state index >= 15 is 0 Å². The number of aliphatic hydroxyl groups excluding tert-OH is 3. The summed E-state index contributed by atoms with van der Waals surface area (Å²) in [5.74, 6) is -0.0713. The van der Waals surface area contributed by atoms with Crippen LogP contribution in [0.1, 0.15) is 37.2 Å². The molecule has 3 rings (SSSR count). The van der Waals surface area contributed by atoms with E-state index < -0.39 is 36.7 Å². The third-order valence-electron chi connectivity index (χ3n) is 5.86. The van der Waals surface area contributed by atoms with Gasteiger partial charge in [-0.25, -0.2) is 4.79 Å². The fraction of sp³-hybridized carbons (Fsp3) is 0.667. The zero-order chi connectivity index (χ0) is 21.1. The van der Waals surface area contributed by atoms with Crippen LogP contribution in [0, 0.1) is 5.92 Å². The number of ether oxygens (including phenoxy) is 2. The van der Waals surface area contributed by atoms with Crippen molar-refractivity contribution < 1.29 is 34.7 Å². The molecule has 29 heavy (non-hydrogen) atoms. The van der Waals surface area contributed by atoms with Crippen LogP contribution in [0.4, 0.5) is 0 Å². The molecule has 2 aliphatic rings. The van der Waals surface area contributed by atoms with E-state index in [0.717, 1.165) is 18.5 Å². The molecule has 1 aromatic rings. The first-order valence-electron chi connectivity index (χ1n) is 10.1. The van der Waals surface area contributed by atoms with Gasteiger partial charge in [0.1, 0.15) is 24.1 Å². The summed E-state index contributed by atoms with van der Waals surface area (Å²) in [4.78, 5) is 13.5. The number of carbonyl (C=O) groups is 1. The maximum absolute atomic E-state index is 11.3. The summed E-state index contributed by atoms with van der Waals surface area (Å²) in [7, 11) is 4.15. The lowest BCUT2D eigenvalue weighted by atomic mass is 9.75. The smallest absolute Gasteiger partial charge is 0.335 e. The highest BCUT2D eigenvalue weighted by Gasteiger charge is 2.48. The quantitative estimate of drug-likeness (QED) is 0.545. The average Bonchev–Trinajstić information content (AvgIpc) is 2.68. The fourth-order valence-corrected chi connectivity index (χ4v) is 4.44. The van der Waals surface area contributed by atoms with Crippen LogP contribution < -0.4 is 4.74 Å². The van der Waals surface area contributed by atoms with Crippen molar-refractivity contribution in [1.29, 1.82) is 0 Å². The van der Waals surface area contributed by atoms with Crippen LogP contribution in [0.2, 0.25) is 0 Å². The largest absolute Gasteiger partial charge is 0.479 e. The molecular weight excluding hydrogens is 378 g/mol. The minimum absolute atomic E-state index is 0.395. The second kappa shape index (κ2) is 9.40. The highest BCUT2D eigenvalue weighted by molar-refractivity contribution is 5.73. The van der Waals surface area contributed by atoms with Crippen molar-refractivity contribution in [3.8, 4) is 5.75 Å². The topological polar surface area (TPSA) is 120 Å². The highest BCUT2D eigenvalue weighted by Crippen LogP contribution is 2.39. The SMILES string of the molecule is CN(C)CC1CCCCC1c1cccc(OC2OC(C(=O)O)C(O)C(O)C2O)c1. The van der Waals surface area contributed by atoms with Crippen molar-refractivity contribution in [2.45, 2.75) is 62.3 Å². The molecule has 0 bridgehead atoms. The number of carboxylic acid groups (broad SMARTS) is 1. The van der Waals surface area contributed by atoms with E-state index in [1.807, 2.05) is 12.1 Å². The van der Waals surface area contributed by atoms with Gasteiger partial charge in [0.15, 0.2) is 6.10 Å². The van der Waals surface area contributed by atoms with Crippen LogP contribution in [0.5, 0.6) is 5.75 Å². The molecule has 162 valence electrons. The number of rotatable bonds is 6. The normalized spacial score (nSPS) is 35.4. The summed E-state index contributed by atoms with van der Waals surface area (Å²) >= 11 is 0. The Hall–Kier alpha value is -1.71. The summed E-state index contributed by atoms with van der Waals surface area (Å²) in [6.07, 6.45) is -3.39. The maximum atomic E-state index is 11.3. The van der Waals surface area contributed by atoms with Gasteiger partial charge in [0.05, 0.1) is 0 Å². The van der Waals surface area contributed by atoms with E-state index in [4.69, 9.17) is 9.47 Å². The Bertz CT molecular complexity index is 697. The Balaban J connectivity index is 1.76. The van der Waals surface area contributed by atoms with Gasteiger partial charge in [-0.2, -0.15) is 0 Å². The lowest BCUT2D eigenvalue weighted by Crippen LogP contribution is -2.61. The highest BCUT2D eigenvalue weighted by atomic mass is 16.7. The molecule has 7 atom stereocenters. The minimum atomic E-state index is -1.73. The molecule has 1 aliphatic carbocycles. The number of aliphatic hydroxyl groups is 3. The molecule has 8 nitrogen and oxygen atoms in total. The Morgan fingerprint density at radius 2 is 1.86 bits per heavy atom. The molecule has 0 aromatic heterocycles. The van der Waals surface area contributed by atoms with Gasteiger partial charge in [-0.1, -0.05) is 25.0 Å². The molecule has 1 heterocycles. The molecular formula is C21H31NO7. The number of carboxylic acids is 1. The van der Waals surface area contributed by atoms with Crippen LogP contribution in [0.25, 0.3) is 0 Å². The molecule has 1 aromatic carbocycles. The van der Waals surface area contributed by atoms with Crippen LogP contribution >= 0.6 is 0 Å². The van der Waals surface area contributed by atoms with Crippen LogP contribution in [0.3, 0.4) is 0 Å². The van der Waals surface area contributed by atoms with Gasteiger partial charge < -0.3 is 34.8 Å². The molecule has 8 heteroatoms. The lowest BCUT2D eigenvalue weighted by molar-refractivity contribution is -0.271. The Labute approximate surface area is 170 Å². The van der Waals surface area contributed by atoms with Crippen LogP contribution in [-0.4, -0.2) is 82.6 Å². The number of benzene rings is 1. The van der Waals surface area contributed by atoms with E-state index in [0.29, 0.717) is 17.6 Å². The summed E-state index contributed by atoms with van der Waals surface area (Å²) in [6.45, 7) is 1.00. The Kier molecular flexibility index (Phi) is 7.13. The van der Waals surface area contributed by atoms with E-state index in [1.165, 1.54) is 19.3 Å².